The Morgan fingerprint density at radius 2 is 2.05 bits per heavy atom. The van der Waals surface area contributed by atoms with Crippen molar-refractivity contribution in [3.63, 3.8) is 0 Å². The van der Waals surface area contributed by atoms with E-state index in [1.807, 2.05) is 25.3 Å². The zero-order valence-electron chi connectivity index (χ0n) is 13.3. The van der Waals surface area contributed by atoms with E-state index in [0.717, 1.165) is 6.42 Å². The van der Waals surface area contributed by atoms with E-state index in [4.69, 9.17) is 0 Å². The average molecular weight is 326 g/mol. The average Bonchev–Trinajstić information content (AvgIpc) is 3.07. The molecule has 2 aromatic rings. The van der Waals surface area contributed by atoms with Crippen LogP contribution in [-0.2, 0) is 16.6 Å². The Balaban J connectivity index is 2.24. The fraction of sp³-hybridized carbons (Fsp3) is 0.615. The number of nitrogens with zero attached hydrogens (tertiary/aromatic N) is 5. The Bertz CT molecular complexity index is 718. The van der Waals surface area contributed by atoms with Crippen LogP contribution in [0.3, 0.4) is 0 Å². The van der Waals surface area contributed by atoms with Crippen LogP contribution in [0.4, 0.5) is 0 Å². The van der Waals surface area contributed by atoms with Crippen molar-refractivity contribution < 1.29 is 8.42 Å². The molecule has 0 radical (unpaired) electrons. The van der Waals surface area contributed by atoms with Crippen LogP contribution in [0.2, 0.25) is 0 Å². The SMILES string of the molecule is CCCn1nccc1S(=O)(=O)N[C@@H](C)c1nncn1C(C)C. The smallest absolute Gasteiger partial charge is 0.258 e. The van der Waals surface area contributed by atoms with E-state index in [1.165, 1.54) is 16.9 Å². The van der Waals surface area contributed by atoms with Gasteiger partial charge >= 0.3 is 0 Å². The fourth-order valence-electron chi connectivity index (χ4n) is 2.23. The third kappa shape index (κ3) is 3.36. The molecule has 0 unspecified atom stereocenters. The second-order valence-corrected chi connectivity index (χ2v) is 7.09. The predicted molar refractivity (Wildman–Crippen MR) is 81.7 cm³/mol. The molecule has 8 nitrogen and oxygen atoms in total. The van der Waals surface area contributed by atoms with E-state index >= 15 is 0 Å². The number of aryl methyl sites for hydroxylation is 1. The van der Waals surface area contributed by atoms with Crippen molar-refractivity contribution in [2.24, 2.45) is 0 Å². The van der Waals surface area contributed by atoms with Gasteiger partial charge in [-0.2, -0.15) is 9.82 Å². The van der Waals surface area contributed by atoms with E-state index in [2.05, 4.69) is 20.0 Å². The summed E-state index contributed by atoms with van der Waals surface area (Å²) in [5.74, 6) is 0.583. The Labute approximate surface area is 130 Å². The summed E-state index contributed by atoms with van der Waals surface area (Å²) in [6, 6.07) is 1.17. The lowest BCUT2D eigenvalue weighted by Gasteiger charge is -2.17. The highest BCUT2D eigenvalue weighted by Gasteiger charge is 2.25. The van der Waals surface area contributed by atoms with Gasteiger partial charge in [-0.1, -0.05) is 6.92 Å². The summed E-state index contributed by atoms with van der Waals surface area (Å²) < 4.78 is 31.1. The molecule has 0 amide bonds. The van der Waals surface area contributed by atoms with Crippen LogP contribution in [0, 0.1) is 0 Å². The first-order valence-corrected chi connectivity index (χ1v) is 8.78. The molecule has 0 spiro atoms. The zero-order chi connectivity index (χ0) is 16.3. The molecule has 22 heavy (non-hydrogen) atoms. The van der Waals surface area contributed by atoms with Crippen molar-refractivity contribution in [2.75, 3.05) is 0 Å². The molecule has 0 aliphatic carbocycles. The van der Waals surface area contributed by atoms with Gasteiger partial charge in [0.15, 0.2) is 10.9 Å². The third-order valence-electron chi connectivity index (χ3n) is 3.26. The molecule has 1 N–H and O–H groups in total. The lowest BCUT2D eigenvalue weighted by atomic mass is 10.3. The second kappa shape index (κ2) is 6.57. The summed E-state index contributed by atoms with van der Waals surface area (Å²) in [4.78, 5) is 0. The molecule has 2 heterocycles. The van der Waals surface area contributed by atoms with E-state index in [-0.39, 0.29) is 11.1 Å². The van der Waals surface area contributed by atoms with Crippen molar-refractivity contribution in [3.05, 3.63) is 24.4 Å². The highest BCUT2D eigenvalue weighted by atomic mass is 32.2. The monoisotopic (exact) mass is 326 g/mol. The molecule has 122 valence electrons. The number of aromatic nitrogens is 5. The summed E-state index contributed by atoms with van der Waals surface area (Å²) >= 11 is 0. The van der Waals surface area contributed by atoms with Gasteiger partial charge in [0.2, 0.25) is 0 Å². The third-order valence-corrected chi connectivity index (χ3v) is 4.83. The first kappa shape index (κ1) is 16.6. The normalized spacial score (nSPS) is 13.7. The molecule has 2 aromatic heterocycles. The second-order valence-electron chi connectivity index (χ2n) is 5.43. The van der Waals surface area contributed by atoms with Crippen molar-refractivity contribution in [2.45, 2.75) is 57.8 Å². The molecule has 1 atom stereocenters. The quantitative estimate of drug-likeness (QED) is 0.832. The highest BCUT2D eigenvalue weighted by molar-refractivity contribution is 7.89. The zero-order valence-corrected chi connectivity index (χ0v) is 14.1. The van der Waals surface area contributed by atoms with Gasteiger partial charge in [-0.25, -0.2) is 8.42 Å². The maximum atomic E-state index is 12.5. The molecule has 0 saturated carbocycles. The van der Waals surface area contributed by atoms with E-state index in [9.17, 15) is 8.42 Å². The van der Waals surface area contributed by atoms with Gasteiger partial charge < -0.3 is 4.57 Å². The number of hydrogen-bond donors (Lipinski definition) is 1. The van der Waals surface area contributed by atoms with Crippen molar-refractivity contribution in [1.29, 1.82) is 0 Å². The molecule has 0 saturated heterocycles. The van der Waals surface area contributed by atoms with Crippen molar-refractivity contribution >= 4 is 10.0 Å². The lowest BCUT2D eigenvalue weighted by Crippen LogP contribution is -2.30. The van der Waals surface area contributed by atoms with Gasteiger partial charge in [-0.05, 0) is 33.3 Å². The van der Waals surface area contributed by atoms with E-state index < -0.39 is 16.1 Å². The number of nitrogens with one attached hydrogen (secondary N) is 1. The minimum absolute atomic E-state index is 0.155. The largest absolute Gasteiger partial charge is 0.314 e. The minimum Gasteiger partial charge on any atom is -0.314 e. The number of rotatable bonds is 7. The first-order valence-electron chi connectivity index (χ1n) is 7.30. The molecule has 0 bridgehead atoms. The molecular formula is C13H22N6O2S. The standard InChI is InChI=1S/C13H22N6O2S/c1-5-8-19-12(6-7-15-19)22(20,21)17-11(4)13-16-14-9-18(13)10(2)3/h6-7,9-11,17H,5,8H2,1-4H3/t11-/m0/s1. The number of sulfonamides is 1. The van der Waals surface area contributed by atoms with Gasteiger partial charge in [0.1, 0.15) is 6.33 Å². The maximum absolute atomic E-state index is 12.5. The Kier molecular flexibility index (Phi) is 4.97. The molecule has 0 aromatic carbocycles. The Morgan fingerprint density at radius 1 is 1.32 bits per heavy atom. The number of hydrogen-bond acceptors (Lipinski definition) is 5. The molecule has 0 fully saturated rings. The van der Waals surface area contributed by atoms with Gasteiger partial charge in [0, 0.05) is 12.6 Å². The van der Waals surface area contributed by atoms with Crippen LogP contribution in [0.25, 0.3) is 0 Å². The van der Waals surface area contributed by atoms with Gasteiger partial charge in [0.25, 0.3) is 10.0 Å². The molecule has 9 heteroatoms. The van der Waals surface area contributed by atoms with Crippen molar-refractivity contribution in [3.8, 4) is 0 Å². The summed E-state index contributed by atoms with van der Waals surface area (Å²) in [6.45, 7) is 8.26. The Morgan fingerprint density at radius 3 is 2.68 bits per heavy atom. The maximum Gasteiger partial charge on any atom is 0.258 e. The van der Waals surface area contributed by atoms with Crippen LogP contribution in [-0.4, -0.2) is 33.0 Å². The van der Waals surface area contributed by atoms with Crippen molar-refractivity contribution in [1.82, 2.24) is 29.3 Å². The molecular weight excluding hydrogens is 304 g/mol. The topological polar surface area (TPSA) is 94.7 Å². The fourth-order valence-corrected chi connectivity index (χ4v) is 3.58. The van der Waals surface area contributed by atoms with E-state index in [0.29, 0.717) is 12.4 Å². The highest BCUT2D eigenvalue weighted by Crippen LogP contribution is 2.18. The minimum atomic E-state index is -3.67. The van der Waals surface area contributed by atoms with Gasteiger partial charge in [0.05, 0.1) is 12.2 Å². The first-order chi connectivity index (χ1) is 10.4. The van der Waals surface area contributed by atoms with Crippen LogP contribution in [0.1, 0.15) is 52.0 Å². The molecule has 0 aliphatic rings. The Hall–Kier alpha value is -1.74. The van der Waals surface area contributed by atoms with Gasteiger partial charge in [-0.15, -0.1) is 10.2 Å². The summed E-state index contributed by atoms with van der Waals surface area (Å²) in [7, 11) is -3.67. The van der Waals surface area contributed by atoms with Gasteiger partial charge in [-0.3, -0.25) is 4.68 Å². The molecule has 2 rings (SSSR count). The molecule has 0 aliphatic heterocycles. The predicted octanol–water partition coefficient (Wildman–Crippen LogP) is 1.50. The van der Waals surface area contributed by atoms with Crippen LogP contribution >= 0.6 is 0 Å². The van der Waals surface area contributed by atoms with Crippen LogP contribution in [0.5, 0.6) is 0 Å². The lowest BCUT2D eigenvalue weighted by molar-refractivity contribution is 0.498. The summed E-state index contributed by atoms with van der Waals surface area (Å²) in [5, 5.41) is 12.1. The summed E-state index contributed by atoms with van der Waals surface area (Å²) in [6.07, 6.45) is 3.90. The summed E-state index contributed by atoms with van der Waals surface area (Å²) in [5.41, 5.74) is 0. The van der Waals surface area contributed by atoms with E-state index in [1.54, 1.807) is 13.3 Å². The van der Waals surface area contributed by atoms with Crippen LogP contribution < -0.4 is 4.72 Å². The van der Waals surface area contributed by atoms with Crippen LogP contribution in [0.15, 0.2) is 23.6 Å².